The molecule has 2 N–H and O–H groups in total. The van der Waals surface area contributed by atoms with E-state index in [9.17, 15) is 5.11 Å². The van der Waals surface area contributed by atoms with Crippen LogP contribution in [0.25, 0.3) is 0 Å². The molecule has 42 heavy (non-hydrogen) atoms. The Hall–Kier alpha value is -1.96. The molecule has 6 rings (SSSR count). The number of aliphatic hydroxyl groups is 1. The van der Waals surface area contributed by atoms with E-state index in [2.05, 4.69) is 5.32 Å². The predicted octanol–water partition coefficient (Wildman–Crippen LogP) is 3.25. The van der Waals surface area contributed by atoms with Crippen molar-refractivity contribution in [1.82, 2.24) is 5.32 Å². The summed E-state index contributed by atoms with van der Waals surface area (Å²) in [6, 6.07) is 19.8. The van der Waals surface area contributed by atoms with Gasteiger partial charge in [0.25, 0.3) is 0 Å². The molecule has 0 spiro atoms. The number of fused-ring (bicyclic) bond motifs is 2. The van der Waals surface area contributed by atoms with Crippen molar-refractivity contribution in [2.45, 2.75) is 114 Å². The van der Waals surface area contributed by atoms with Gasteiger partial charge in [-0.05, 0) is 45.2 Å². The molecule has 0 unspecified atom stereocenters. The van der Waals surface area contributed by atoms with Gasteiger partial charge in [-0.15, -0.1) is 0 Å². The zero-order valence-corrected chi connectivity index (χ0v) is 24.7. The van der Waals surface area contributed by atoms with Crippen LogP contribution in [0.15, 0.2) is 60.7 Å². The Morgan fingerprint density at radius 3 is 1.83 bits per heavy atom. The molecule has 10 nitrogen and oxygen atoms in total. The first-order valence-corrected chi connectivity index (χ1v) is 14.9. The summed E-state index contributed by atoms with van der Waals surface area (Å²) in [5.41, 5.74) is 2.12. The monoisotopic (exact) mass is 585 g/mol. The molecular weight excluding hydrogens is 542 g/mol. The Morgan fingerprint density at radius 2 is 1.26 bits per heavy atom. The van der Waals surface area contributed by atoms with Gasteiger partial charge in [0.1, 0.15) is 36.6 Å². The van der Waals surface area contributed by atoms with Crippen molar-refractivity contribution in [3.8, 4) is 0 Å². The van der Waals surface area contributed by atoms with Gasteiger partial charge in [-0.1, -0.05) is 60.7 Å². The van der Waals surface area contributed by atoms with E-state index in [0.29, 0.717) is 26.2 Å². The zero-order chi connectivity index (χ0) is 29.3. The van der Waals surface area contributed by atoms with Crippen molar-refractivity contribution in [1.29, 1.82) is 0 Å². The molecule has 0 saturated carbocycles. The second kappa shape index (κ2) is 12.6. The van der Waals surface area contributed by atoms with Gasteiger partial charge in [-0.3, -0.25) is 0 Å². The number of hydrogen-bond donors (Lipinski definition) is 2. The van der Waals surface area contributed by atoms with E-state index in [1.165, 1.54) is 0 Å². The minimum absolute atomic E-state index is 0.0312. The van der Waals surface area contributed by atoms with E-state index in [-0.39, 0.29) is 31.0 Å². The Balaban J connectivity index is 1.15. The van der Waals surface area contributed by atoms with Crippen molar-refractivity contribution in [2.24, 2.45) is 0 Å². The normalized spacial score (nSPS) is 35.3. The molecule has 4 heterocycles. The molecule has 10 heteroatoms. The SMILES string of the molecule is CC1(C)O[C@H]2O[C@@H]([C@H](CCO)NC[C@H]3O[C@@H]4OC(C)(C)O[C@@H]4[C@H]3OCc3ccccc3)[C@H](OCc3ccccc3)[C@H]2O1. The quantitative estimate of drug-likeness (QED) is 0.386. The molecule has 2 aromatic rings. The van der Waals surface area contributed by atoms with E-state index >= 15 is 0 Å². The summed E-state index contributed by atoms with van der Waals surface area (Å²) in [4.78, 5) is 0. The van der Waals surface area contributed by atoms with Crippen LogP contribution in [0.4, 0.5) is 0 Å². The molecule has 0 aliphatic carbocycles. The van der Waals surface area contributed by atoms with Crippen molar-refractivity contribution in [2.75, 3.05) is 13.2 Å². The average Bonchev–Trinajstić information content (AvgIpc) is 3.64. The third-order valence-electron chi connectivity index (χ3n) is 8.10. The Kier molecular flexibility index (Phi) is 9.00. The third kappa shape index (κ3) is 6.73. The van der Waals surface area contributed by atoms with Gasteiger partial charge in [0, 0.05) is 19.2 Å². The number of nitrogens with one attached hydrogen (secondary N) is 1. The first kappa shape index (κ1) is 30.1. The van der Waals surface area contributed by atoms with Crippen LogP contribution in [-0.4, -0.2) is 85.1 Å². The average molecular weight is 586 g/mol. The summed E-state index contributed by atoms with van der Waals surface area (Å²) in [5, 5.41) is 13.6. The molecule has 4 fully saturated rings. The number of ether oxygens (including phenoxy) is 8. The van der Waals surface area contributed by atoms with Gasteiger partial charge in [-0.2, -0.15) is 0 Å². The summed E-state index contributed by atoms with van der Waals surface area (Å²) >= 11 is 0. The fraction of sp³-hybridized carbons (Fsp3) is 0.625. The van der Waals surface area contributed by atoms with Crippen LogP contribution in [0.3, 0.4) is 0 Å². The lowest BCUT2D eigenvalue weighted by atomic mass is 10.00. The van der Waals surface area contributed by atoms with Gasteiger partial charge in [-0.25, -0.2) is 0 Å². The molecule has 4 saturated heterocycles. The standard InChI is InChI=1S/C32H43NO9/c1-31(2)39-27-25(35-18-20-11-7-5-8-12-20)23(37-29(27)41-31)17-33-22(15-16-34)24-26(36-19-21-13-9-6-10-14-21)28-30(38-24)42-32(3,4)40-28/h5-14,22-30,33-34H,15-19H2,1-4H3/t22-,23+,24-,25-,26-,27+,28+,29+,30+/m0/s1. The van der Waals surface area contributed by atoms with Crippen LogP contribution >= 0.6 is 0 Å². The maximum Gasteiger partial charge on any atom is 0.190 e. The lowest BCUT2D eigenvalue weighted by molar-refractivity contribution is -0.224. The minimum atomic E-state index is -0.777. The van der Waals surface area contributed by atoms with Crippen molar-refractivity contribution >= 4 is 0 Å². The van der Waals surface area contributed by atoms with Crippen molar-refractivity contribution in [3.63, 3.8) is 0 Å². The van der Waals surface area contributed by atoms with Crippen molar-refractivity contribution in [3.05, 3.63) is 71.8 Å². The number of aliphatic hydroxyl groups excluding tert-OH is 1. The Bertz CT molecular complexity index is 1150. The maximum absolute atomic E-state index is 10.0. The zero-order valence-electron chi connectivity index (χ0n) is 24.7. The predicted molar refractivity (Wildman–Crippen MR) is 151 cm³/mol. The highest BCUT2D eigenvalue weighted by Crippen LogP contribution is 2.41. The van der Waals surface area contributed by atoms with E-state index in [4.69, 9.17) is 37.9 Å². The molecule has 4 aliphatic rings. The first-order chi connectivity index (χ1) is 20.2. The molecule has 0 radical (unpaired) electrons. The van der Waals surface area contributed by atoms with Crippen LogP contribution in [0, 0.1) is 0 Å². The Labute approximate surface area is 247 Å². The summed E-state index contributed by atoms with van der Waals surface area (Å²) in [7, 11) is 0. The highest BCUT2D eigenvalue weighted by atomic mass is 16.9. The summed E-state index contributed by atoms with van der Waals surface area (Å²) < 4.78 is 50.1. The van der Waals surface area contributed by atoms with Crippen LogP contribution in [0.1, 0.15) is 45.2 Å². The molecule has 2 aromatic carbocycles. The molecular formula is C32H43NO9. The first-order valence-electron chi connectivity index (χ1n) is 14.9. The largest absolute Gasteiger partial charge is 0.396 e. The van der Waals surface area contributed by atoms with Crippen LogP contribution in [-0.2, 0) is 51.1 Å². The van der Waals surface area contributed by atoms with E-state index < -0.39 is 42.5 Å². The van der Waals surface area contributed by atoms with Gasteiger partial charge in [0.05, 0.1) is 13.2 Å². The highest BCUT2D eigenvalue weighted by Gasteiger charge is 2.58. The highest BCUT2D eigenvalue weighted by molar-refractivity contribution is 5.15. The van der Waals surface area contributed by atoms with Crippen LogP contribution in [0.2, 0.25) is 0 Å². The lowest BCUT2D eigenvalue weighted by Gasteiger charge is -2.33. The van der Waals surface area contributed by atoms with Gasteiger partial charge >= 0.3 is 0 Å². The van der Waals surface area contributed by atoms with Gasteiger partial charge in [0.2, 0.25) is 0 Å². The van der Waals surface area contributed by atoms with Crippen LogP contribution in [0.5, 0.6) is 0 Å². The fourth-order valence-corrected chi connectivity index (χ4v) is 6.25. The van der Waals surface area contributed by atoms with E-state index in [0.717, 1.165) is 11.1 Å². The van der Waals surface area contributed by atoms with Crippen molar-refractivity contribution < 1.29 is 43.0 Å². The number of rotatable bonds is 12. The second-order valence-corrected chi connectivity index (χ2v) is 12.3. The topological polar surface area (TPSA) is 106 Å². The molecule has 9 atom stereocenters. The molecule has 0 aromatic heterocycles. The number of benzene rings is 2. The molecule has 230 valence electrons. The fourth-order valence-electron chi connectivity index (χ4n) is 6.25. The Morgan fingerprint density at radius 1 is 0.738 bits per heavy atom. The summed E-state index contributed by atoms with van der Waals surface area (Å²) in [6.45, 7) is 8.72. The molecule has 4 aliphatic heterocycles. The van der Waals surface area contributed by atoms with E-state index in [1.807, 2.05) is 88.4 Å². The third-order valence-corrected chi connectivity index (χ3v) is 8.10. The summed E-state index contributed by atoms with van der Waals surface area (Å²) in [6.07, 6.45) is -2.97. The van der Waals surface area contributed by atoms with Gasteiger partial charge in [0.15, 0.2) is 24.2 Å². The lowest BCUT2D eigenvalue weighted by Crippen LogP contribution is -2.52. The molecule has 0 amide bonds. The minimum Gasteiger partial charge on any atom is -0.396 e. The number of hydrogen-bond acceptors (Lipinski definition) is 10. The van der Waals surface area contributed by atoms with E-state index in [1.54, 1.807) is 0 Å². The van der Waals surface area contributed by atoms with Gasteiger partial charge < -0.3 is 48.3 Å². The van der Waals surface area contributed by atoms with Crippen LogP contribution < -0.4 is 5.32 Å². The summed E-state index contributed by atoms with van der Waals surface area (Å²) in [5.74, 6) is -1.53. The smallest absolute Gasteiger partial charge is 0.190 e. The second-order valence-electron chi connectivity index (χ2n) is 12.3. The maximum atomic E-state index is 10.0. The molecule has 0 bridgehead atoms.